The quantitative estimate of drug-likeness (QED) is 0.578. The van der Waals surface area contributed by atoms with Gasteiger partial charge in [0.15, 0.2) is 0 Å². The zero-order valence-corrected chi connectivity index (χ0v) is 7.82. The molecule has 0 aromatic rings. The van der Waals surface area contributed by atoms with Crippen molar-refractivity contribution in [2.24, 2.45) is 5.92 Å². The van der Waals surface area contributed by atoms with E-state index < -0.39 is 6.18 Å². The van der Waals surface area contributed by atoms with Crippen LogP contribution in [0.2, 0.25) is 0 Å². The summed E-state index contributed by atoms with van der Waals surface area (Å²) in [6.45, 7) is 2.02. The first-order valence-corrected chi connectivity index (χ1v) is 4.80. The Kier molecular flexibility index (Phi) is 3.40. The predicted octanol–water partition coefficient (Wildman–Crippen LogP) is 4.08. The van der Waals surface area contributed by atoms with Gasteiger partial charge in [0.25, 0.3) is 0 Å². The maximum atomic E-state index is 12.3. The summed E-state index contributed by atoms with van der Waals surface area (Å²) in [5, 5.41) is 0. The molecule has 1 aliphatic rings. The first-order valence-electron chi connectivity index (χ1n) is 4.80. The van der Waals surface area contributed by atoms with Gasteiger partial charge in [-0.05, 0) is 25.2 Å². The second-order valence-corrected chi connectivity index (χ2v) is 3.66. The number of hydrogen-bond donors (Lipinski definition) is 0. The molecule has 13 heavy (non-hydrogen) atoms. The Morgan fingerprint density at radius 2 is 2.15 bits per heavy atom. The molecular weight excluding hydrogens is 177 g/mol. The van der Waals surface area contributed by atoms with Crippen molar-refractivity contribution in [3.63, 3.8) is 0 Å². The van der Waals surface area contributed by atoms with Crippen LogP contribution >= 0.6 is 0 Å². The lowest BCUT2D eigenvalue weighted by molar-refractivity contribution is -0.0966. The highest BCUT2D eigenvalue weighted by Gasteiger charge is 2.35. The molecule has 1 atom stereocenters. The van der Waals surface area contributed by atoms with Crippen LogP contribution in [0.4, 0.5) is 13.2 Å². The van der Waals surface area contributed by atoms with Gasteiger partial charge in [-0.15, -0.1) is 0 Å². The van der Waals surface area contributed by atoms with Crippen molar-refractivity contribution in [1.29, 1.82) is 0 Å². The first-order chi connectivity index (χ1) is 6.04. The summed E-state index contributed by atoms with van der Waals surface area (Å²) in [6, 6.07) is 0. The van der Waals surface area contributed by atoms with Crippen LogP contribution in [0.15, 0.2) is 11.6 Å². The van der Waals surface area contributed by atoms with Crippen LogP contribution in [0, 0.1) is 5.92 Å². The normalized spacial score (nSPS) is 24.3. The van der Waals surface area contributed by atoms with E-state index in [1.54, 1.807) is 0 Å². The monoisotopic (exact) mass is 192 g/mol. The van der Waals surface area contributed by atoms with Crippen LogP contribution in [0.5, 0.6) is 0 Å². The van der Waals surface area contributed by atoms with Crippen LogP contribution in [0.3, 0.4) is 0 Å². The highest BCUT2D eigenvalue weighted by atomic mass is 19.4. The minimum atomic E-state index is -4.09. The summed E-state index contributed by atoms with van der Waals surface area (Å²) in [7, 11) is 0. The van der Waals surface area contributed by atoms with E-state index in [4.69, 9.17) is 0 Å². The van der Waals surface area contributed by atoms with E-state index in [9.17, 15) is 13.2 Å². The summed E-state index contributed by atoms with van der Waals surface area (Å²) >= 11 is 0. The molecule has 76 valence electrons. The molecule has 0 spiro atoms. The average molecular weight is 192 g/mol. The molecule has 0 aromatic carbocycles. The predicted molar refractivity (Wildman–Crippen MR) is 46.4 cm³/mol. The van der Waals surface area contributed by atoms with Crippen molar-refractivity contribution in [3.05, 3.63) is 11.6 Å². The van der Waals surface area contributed by atoms with Gasteiger partial charge in [-0.2, -0.15) is 13.2 Å². The smallest absolute Gasteiger partial charge is 0.166 e. The Morgan fingerprint density at radius 3 is 2.69 bits per heavy atom. The second-order valence-electron chi connectivity index (χ2n) is 3.66. The maximum Gasteiger partial charge on any atom is 0.412 e. The average Bonchev–Trinajstić information content (AvgIpc) is 2.04. The number of rotatable bonds is 2. The summed E-state index contributed by atoms with van der Waals surface area (Å²) < 4.78 is 36.9. The molecule has 0 heterocycles. The highest BCUT2D eigenvalue weighted by Crippen LogP contribution is 2.37. The summed E-state index contributed by atoms with van der Waals surface area (Å²) in [5.41, 5.74) is -0.308. The van der Waals surface area contributed by atoms with E-state index in [0.29, 0.717) is 6.42 Å². The van der Waals surface area contributed by atoms with Gasteiger partial charge in [-0.3, -0.25) is 0 Å². The van der Waals surface area contributed by atoms with Gasteiger partial charge < -0.3 is 0 Å². The molecule has 3 heteroatoms. The summed E-state index contributed by atoms with van der Waals surface area (Å²) in [6.07, 6.45) is 0.923. The van der Waals surface area contributed by atoms with Gasteiger partial charge >= 0.3 is 6.18 Å². The SMILES string of the molecule is CCCC1CCC=C(C(F)(F)F)C1. The van der Waals surface area contributed by atoms with E-state index in [2.05, 4.69) is 0 Å². The Morgan fingerprint density at radius 1 is 1.46 bits per heavy atom. The molecule has 0 aliphatic heterocycles. The van der Waals surface area contributed by atoms with Gasteiger partial charge in [-0.25, -0.2) is 0 Å². The van der Waals surface area contributed by atoms with Gasteiger partial charge in [0, 0.05) is 5.57 Å². The molecule has 0 N–H and O–H groups in total. The fourth-order valence-corrected chi connectivity index (χ4v) is 1.88. The first kappa shape index (κ1) is 10.6. The van der Waals surface area contributed by atoms with E-state index >= 15 is 0 Å². The van der Waals surface area contributed by atoms with E-state index in [-0.39, 0.29) is 17.9 Å². The lowest BCUT2D eigenvalue weighted by Crippen LogP contribution is -2.18. The van der Waals surface area contributed by atoms with E-state index in [0.717, 1.165) is 19.3 Å². The molecule has 1 aliphatic carbocycles. The third-order valence-electron chi connectivity index (χ3n) is 2.54. The molecular formula is C10H15F3. The van der Waals surface area contributed by atoms with Crippen molar-refractivity contribution in [3.8, 4) is 0 Å². The highest BCUT2D eigenvalue weighted by molar-refractivity contribution is 5.12. The summed E-state index contributed by atoms with van der Waals surface area (Å²) in [5.74, 6) is 0.256. The largest absolute Gasteiger partial charge is 0.412 e. The number of hydrogen-bond acceptors (Lipinski definition) is 0. The Labute approximate surface area is 76.8 Å². The Bertz CT molecular complexity index is 191. The minimum Gasteiger partial charge on any atom is -0.166 e. The van der Waals surface area contributed by atoms with Crippen LogP contribution in [-0.2, 0) is 0 Å². The molecule has 0 nitrogen and oxygen atoms in total. The molecule has 0 saturated carbocycles. The maximum absolute atomic E-state index is 12.3. The number of halogens is 3. The third kappa shape index (κ3) is 3.05. The zero-order chi connectivity index (χ0) is 9.90. The molecule has 0 radical (unpaired) electrons. The van der Waals surface area contributed by atoms with Crippen molar-refractivity contribution in [2.75, 3.05) is 0 Å². The standard InChI is InChI=1S/C10H15F3/c1-2-4-8-5-3-6-9(7-8)10(11,12)13/h6,8H,2-5,7H2,1H3. The third-order valence-corrected chi connectivity index (χ3v) is 2.54. The molecule has 1 unspecified atom stereocenters. The molecule has 1 rings (SSSR count). The lowest BCUT2D eigenvalue weighted by atomic mass is 9.86. The second kappa shape index (κ2) is 4.16. The van der Waals surface area contributed by atoms with Crippen molar-refractivity contribution in [1.82, 2.24) is 0 Å². The van der Waals surface area contributed by atoms with Crippen molar-refractivity contribution >= 4 is 0 Å². The van der Waals surface area contributed by atoms with Crippen LogP contribution < -0.4 is 0 Å². The van der Waals surface area contributed by atoms with Gasteiger partial charge in [0.1, 0.15) is 0 Å². The zero-order valence-electron chi connectivity index (χ0n) is 7.82. The molecule has 0 saturated heterocycles. The molecule has 0 fully saturated rings. The molecule has 0 bridgehead atoms. The fraction of sp³-hybridized carbons (Fsp3) is 0.800. The van der Waals surface area contributed by atoms with Crippen LogP contribution in [0.25, 0.3) is 0 Å². The van der Waals surface area contributed by atoms with Crippen LogP contribution in [0.1, 0.15) is 39.0 Å². The van der Waals surface area contributed by atoms with Gasteiger partial charge in [-0.1, -0.05) is 25.8 Å². The molecule has 0 amide bonds. The van der Waals surface area contributed by atoms with E-state index in [1.807, 2.05) is 6.92 Å². The minimum absolute atomic E-state index is 0.233. The Hall–Kier alpha value is -0.470. The van der Waals surface area contributed by atoms with Crippen LogP contribution in [-0.4, -0.2) is 6.18 Å². The lowest BCUT2D eigenvalue weighted by Gasteiger charge is -2.23. The number of alkyl halides is 3. The summed E-state index contributed by atoms with van der Waals surface area (Å²) in [4.78, 5) is 0. The van der Waals surface area contributed by atoms with Crippen molar-refractivity contribution < 1.29 is 13.2 Å². The van der Waals surface area contributed by atoms with Crippen molar-refractivity contribution in [2.45, 2.75) is 45.2 Å². The topological polar surface area (TPSA) is 0 Å². The Balaban J connectivity index is 2.54. The van der Waals surface area contributed by atoms with Gasteiger partial charge in [0.05, 0.1) is 0 Å². The van der Waals surface area contributed by atoms with Gasteiger partial charge in [0.2, 0.25) is 0 Å². The fourth-order valence-electron chi connectivity index (χ4n) is 1.88. The molecule has 0 aromatic heterocycles. The van der Waals surface area contributed by atoms with E-state index in [1.165, 1.54) is 6.08 Å². The number of allylic oxidation sites excluding steroid dienone is 2.